The number of halogens is 1. The summed E-state index contributed by atoms with van der Waals surface area (Å²) in [6.07, 6.45) is 0. The van der Waals surface area contributed by atoms with Gasteiger partial charge in [-0.25, -0.2) is 12.8 Å². The Hall–Kier alpha value is -1.02. The van der Waals surface area contributed by atoms with Gasteiger partial charge in [0.2, 0.25) is 10.0 Å². The predicted molar refractivity (Wildman–Crippen MR) is 75.5 cm³/mol. The van der Waals surface area contributed by atoms with Crippen molar-refractivity contribution in [2.24, 2.45) is 0 Å². The maximum Gasteiger partial charge on any atom is 0.242 e. The van der Waals surface area contributed by atoms with Crippen LogP contribution in [0.3, 0.4) is 0 Å². The van der Waals surface area contributed by atoms with Crippen LogP contribution in [0.2, 0.25) is 0 Å². The first-order chi connectivity index (χ1) is 9.43. The molecule has 0 spiro atoms. The molecular formula is C13H21FN2O3S. The van der Waals surface area contributed by atoms with E-state index in [1.165, 1.54) is 29.6 Å². The minimum absolute atomic E-state index is 0.0862. The van der Waals surface area contributed by atoms with E-state index in [1.807, 2.05) is 6.92 Å². The van der Waals surface area contributed by atoms with E-state index in [9.17, 15) is 12.8 Å². The molecule has 0 fully saturated rings. The van der Waals surface area contributed by atoms with Gasteiger partial charge < -0.3 is 10.1 Å². The van der Waals surface area contributed by atoms with Crippen LogP contribution in [-0.4, -0.2) is 46.6 Å². The van der Waals surface area contributed by atoms with Crippen LogP contribution in [0.1, 0.15) is 12.5 Å². The zero-order valence-corrected chi connectivity index (χ0v) is 12.8. The number of ether oxygens (including phenoxy) is 1. The number of nitrogens with one attached hydrogen (secondary N) is 1. The molecule has 0 heterocycles. The smallest absolute Gasteiger partial charge is 0.242 e. The zero-order valence-electron chi connectivity index (χ0n) is 12.0. The van der Waals surface area contributed by atoms with E-state index in [-0.39, 0.29) is 18.0 Å². The molecule has 1 aromatic rings. The number of rotatable bonds is 8. The average molecular weight is 304 g/mol. The molecule has 5 nitrogen and oxygen atoms in total. The fourth-order valence-corrected chi connectivity index (χ4v) is 2.88. The standard InChI is InChI=1S/C13H21FN2O3S/c1-4-19-8-7-16(3)20(17,18)12-5-6-13(14)11(9-12)10-15-2/h5-6,9,15H,4,7-8,10H2,1-3H3. The topological polar surface area (TPSA) is 58.6 Å². The lowest BCUT2D eigenvalue weighted by atomic mass is 10.2. The van der Waals surface area contributed by atoms with Crippen molar-refractivity contribution >= 4 is 10.0 Å². The Bertz CT molecular complexity index is 534. The average Bonchev–Trinajstić information content (AvgIpc) is 2.41. The third-order valence-corrected chi connectivity index (χ3v) is 4.70. The van der Waals surface area contributed by atoms with Gasteiger partial charge in [-0.1, -0.05) is 0 Å². The fourth-order valence-electron chi connectivity index (χ4n) is 1.68. The van der Waals surface area contributed by atoms with Crippen LogP contribution in [0, 0.1) is 5.82 Å². The molecule has 0 aliphatic rings. The highest BCUT2D eigenvalue weighted by Gasteiger charge is 2.21. The highest BCUT2D eigenvalue weighted by atomic mass is 32.2. The Morgan fingerprint density at radius 3 is 2.70 bits per heavy atom. The summed E-state index contributed by atoms with van der Waals surface area (Å²) in [5.74, 6) is -0.421. The molecule has 0 saturated carbocycles. The van der Waals surface area contributed by atoms with Crippen LogP contribution in [-0.2, 0) is 21.3 Å². The molecule has 0 bridgehead atoms. The molecule has 0 aliphatic carbocycles. The molecule has 1 aromatic carbocycles. The molecule has 20 heavy (non-hydrogen) atoms. The second-order valence-corrected chi connectivity index (χ2v) is 6.35. The summed E-state index contributed by atoms with van der Waals surface area (Å²) in [6, 6.07) is 3.81. The van der Waals surface area contributed by atoms with Crippen LogP contribution in [0.15, 0.2) is 23.1 Å². The first-order valence-corrected chi connectivity index (χ1v) is 7.84. The maximum atomic E-state index is 13.5. The van der Waals surface area contributed by atoms with E-state index in [4.69, 9.17) is 4.74 Å². The summed E-state index contributed by atoms with van der Waals surface area (Å²) in [5, 5.41) is 2.81. The van der Waals surface area contributed by atoms with E-state index < -0.39 is 15.8 Å². The quantitative estimate of drug-likeness (QED) is 0.733. The lowest BCUT2D eigenvalue weighted by molar-refractivity contribution is 0.138. The predicted octanol–water partition coefficient (Wildman–Crippen LogP) is 1.20. The number of nitrogens with zero attached hydrogens (tertiary/aromatic N) is 1. The zero-order chi connectivity index (χ0) is 15.2. The first kappa shape index (κ1) is 17.0. The highest BCUT2D eigenvalue weighted by molar-refractivity contribution is 7.89. The maximum absolute atomic E-state index is 13.5. The Morgan fingerprint density at radius 1 is 1.40 bits per heavy atom. The van der Waals surface area contributed by atoms with Crippen molar-refractivity contribution in [2.75, 3.05) is 33.9 Å². The molecule has 1 rings (SSSR count). The molecule has 0 aromatic heterocycles. The van der Waals surface area contributed by atoms with Gasteiger partial charge in [-0.3, -0.25) is 0 Å². The van der Waals surface area contributed by atoms with Gasteiger partial charge in [-0.05, 0) is 32.2 Å². The van der Waals surface area contributed by atoms with Gasteiger partial charge in [0.1, 0.15) is 5.82 Å². The molecular weight excluding hydrogens is 283 g/mol. The number of hydrogen-bond donors (Lipinski definition) is 1. The lowest BCUT2D eigenvalue weighted by Gasteiger charge is -2.17. The Labute approximate surface area is 119 Å². The normalized spacial score (nSPS) is 12.1. The summed E-state index contributed by atoms with van der Waals surface area (Å²) in [4.78, 5) is 0.0862. The Kier molecular flexibility index (Phi) is 6.54. The minimum Gasteiger partial charge on any atom is -0.380 e. The van der Waals surface area contributed by atoms with E-state index in [1.54, 1.807) is 7.05 Å². The van der Waals surface area contributed by atoms with E-state index in [0.29, 0.717) is 18.8 Å². The Balaban J connectivity index is 2.94. The number of likely N-dealkylation sites (N-methyl/N-ethyl adjacent to an activating group) is 1. The van der Waals surface area contributed by atoms with Crippen molar-refractivity contribution in [1.29, 1.82) is 0 Å². The molecule has 7 heteroatoms. The van der Waals surface area contributed by atoms with Crippen LogP contribution in [0.25, 0.3) is 0 Å². The molecule has 114 valence electrons. The van der Waals surface area contributed by atoms with Crippen LogP contribution < -0.4 is 5.32 Å². The van der Waals surface area contributed by atoms with Gasteiger partial charge in [0.15, 0.2) is 0 Å². The summed E-state index contributed by atoms with van der Waals surface area (Å²) in [6.45, 7) is 3.25. The van der Waals surface area contributed by atoms with Crippen molar-refractivity contribution in [3.05, 3.63) is 29.6 Å². The van der Waals surface area contributed by atoms with Gasteiger partial charge in [0.25, 0.3) is 0 Å². The van der Waals surface area contributed by atoms with Crippen LogP contribution in [0.5, 0.6) is 0 Å². The van der Waals surface area contributed by atoms with E-state index >= 15 is 0 Å². The van der Waals surface area contributed by atoms with Crippen molar-refractivity contribution in [3.63, 3.8) is 0 Å². The van der Waals surface area contributed by atoms with Crippen molar-refractivity contribution in [3.8, 4) is 0 Å². The molecule has 0 atom stereocenters. The van der Waals surface area contributed by atoms with Crippen molar-refractivity contribution < 1.29 is 17.5 Å². The first-order valence-electron chi connectivity index (χ1n) is 6.40. The van der Waals surface area contributed by atoms with E-state index in [2.05, 4.69) is 5.32 Å². The Morgan fingerprint density at radius 2 is 2.10 bits per heavy atom. The summed E-state index contributed by atoms with van der Waals surface area (Å²) in [7, 11) is -0.461. The molecule has 1 N–H and O–H groups in total. The minimum atomic E-state index is -3.62. The lowest BCUT2D eigenvalue weighted by Crippen LogP contribution is -2.30. The highest BCUT2D eigenvalue weighted by Crippen LogP contribution is 2.18. The molecule has 0 unspecified atom stereocenters. The molecule has 0 radical (unpaired) electrons. The van der Waals surface area contributed by atoms with Crippen molar-refractivity contribution in [1.82, 2.24) is 9.62 Å². The number of sulfonamides is 1. The third kappa shape index (κ3) is 4.24. The molecule has 0 saturated heterocycles. The summed E-state index contributed by atoms with van der Waals surface area (Å²) < 4.78 is 44.5. The van der Waals surface area contributed by atoms with Crippen LogP contribution >= 0.6 is 0 Å². The summed E-state index contributed by atoms with van der Waals surface area (Å²) >= 11 is 0. The molecule has 0 amide bonds. The van der Waals surface area contributed by atoms with Gasteiger partial charge in [0, 0.05) is 32.3 Å². The van der Waals surface area contributed by atoms with Gasteiger partial charge >= 0.3 is 0 Å². The monoisotopic (exact) mass is 304 g/mol. The van der Waals surface area contributed by atoms with Crippen molar-refractivity contribution in [2.45, 2.75) is 18.4 Å². The third-order valence-electron chi connectivity index (χ3n) is 2.85. The number of hydrogen-bond acceptors (Lipinski definition) is 4. The van der Waals surface area contributed by atoms with Gasteiger partial charge in [-0.15, -0.1) is 0 Å². The van der Waals surface area contributed by atoms with E-state index in [0.717, 1.165) is 0 Å². The fraction of sp³-hybridized carbons (Fsp3) is 0.538. The number of benzene rings is 1. The largest absolute Gasteiger partial charge is 0.380 e. The molecule has 0 aliphatic heterocycles. The second-order valence-electron chi connectivity index (χ2n) is 4.31. The summed E-state index contributed by atoms with van der Waals surface area (Å²) in [5.41, 5.74) is 0.326. The van der Waals surface area contributed by atoms with Gasteiger partial charge in [-0.2, -0.15) is 4.31 Å². The van der Waals surface area contributed by atoms with Crippen LogP contribution in [0.4, 0.5) is 4.39 Å². The van der Waals surface area contributed by atoms with Gasteiger partial charge in [0.05, 0.1) is 11.5 Å². The second kappa shape index (κ2) is 7.68. The SMILES string of the molecule is CCOCCN(C)S(=O)(=O)c1ccc(F)c(CNC)c1.